The van der Waals surface area contributed by atoms with E-state index in [1.165, 1.54) is 22.9 Å². The van der Waals surface area contributed by atoms with Crippen LogP contribution in [-0.4, -0.2) is 37.4 Å². The zero-order valence-electron chi connectivity index (χ0n) is 11.9. The molecule has 0 aliphatic heterocycles. The minimum Gasteiger partial charge on any atom is -0.427 e. The molecule has 1 atom stereocenters. The molecule has 0 radical (unpaired) electrons. The van der Waals surface area contributed by atoms with Crippen LogP contribution in [0.5, 0.6) is 0 Å². The van der Waals surface area contributed by atoms with Crippen LogP contribution in [0.15, 0.2) is 18.2 Å². The summed E-state index contributed by atoms with van der Waals surface area (Å²) in [5, 5.41) is 28.7. The molecule has 2 rings (SSSR count). The summed E-state index contributed by atoms with van der Waals surface area (Å²) in [6.45, 7) is 0. The van der Waals surface area contributed by atoms with Gasteiger partial charge in [0.15, 0.2) is 5.82 Å². The summed E-state index contributed by atoms with van der Waals surface area (Å²) in [6, 6.07) is 3.63. The van der Waals surface area contributed by atoms with Crippen LogP contribution in [0.25, 0.3) is 5.69 Å². The minimum atomic E-state index is -1.32. The lowest BCUT2D eigenvalue weighted by molar-refractivity contribution is 0.400. The molecular formula is C12H18BFN6O2. The molecule has 1 unspecified atom stereocenters. The lowest BCUT2D eigenvalue weighted by Gasteiger charge is -2.12. The summed E-state index contributed by atoms with van der Waals surface area (Å²) < 4.78 is 15.1. The molecule has 6 N–H and O–H groups in total. The van der Waals surface area contributed by atoms with E-state index in [-0.39, 0.29) is 12.0 Å². The predicted octanol–water partition coefficient (Wildman–Crippen LogP) is 0.0265. The van der Waals surface area contributed by atoms with Crippen molar-refractivity contribution in [2.45, 2.75) is 31.6 Å². The molecule has 0 spiro atoms. The largest absolute Gasteiger partial charge is 0.451 e. The SMILES string of the molecule is Nc1ccc(F)c(-n2nnnc2C(N)CCCCB(O)O)c1. The Morgan fingerprint density at radius 1 is 1.32 bits per heavy atom. The normalized spacial score (nSPS) is 12.4. The van der Waals surface area contributed by atoms with Gasteiger partial charge in [0.2, 0.25) is 0 Å². The number of unbranched alkanes of at least 4 members (excludes halogenated alkanes) is 1. The summed E-state index contributed by atoms with van der Waals surface area (Å²) >= 11 is 0. The number of nitrogens with two attached hydrogens (primary N) is 2. The highest BCUT2D eigenvalue weighted by molar-refractivity contribution is 6.40. The van der Waals surface area contributed by atoms with Crippen LogP contribution in [0.1, 0.15) is 31.1 Å². The van der Waals surface area contributed by atoms with Gasteiger partial charge in [0.25, 0.3) is 0 Å². The second-order valence-corrected chi connectivity index (χ2v) is 5.03. The van der Waals surface area contributed by atoms with Crippen molar-refractivity contribution < 1.29 is 14.4 Å². The topological polar surface area (TPSA) is 136 Å². The number of nitrogens with zero attached hydrogens (tertiary/aromatic N) is 4. The van der Waals surface area contributed by atoms with Gasteiger partial charge in [-0.15, -0.1) is 5.10 Å². The Morgan fingerprint density at radius 2 is 2.09 bits per heavy atom. The van der Waals surface area contributed by atoms with E-state index in [1.807, 2.05) is 0 Å². The number of tetrazole rings is 1. The molecule has 1 aromatic heterocycles. The lowest BCUT2D eigenvalue weighted by Crippen LogP contribution is -2.18. The van der Waals surface area contributed by atoms with Crippen molar-refractivity contribution in [3.8, 4) is 5.69 Å². The number of anilines is 1. The third-order valence-corrected chi connectivity index (χ3v) is 3.25. The smallest absolute Gasteiger partial charge is 0.427 e. The van der Waals surface area contributed by atoms with Crippen molar-refractivity contribution >= 4 is 12.8 Å². The number of hydrogen-bond acceptors (Lipinski definition) is 7. The van der Waals surface area contributed by atoms with Crippen LogP contribution in [0.4, 0.5) is 10.1 Å². The van der Waals surface area contributed by atoms with E-state index >= 15 is 0 Å². The molecule has 118 valence electrons. The van der Waals surface area contributed by atoms with E-state index in [9.17, 15) is 4.39 Å². The molecule has 1 heterocycles. The average Bonchev–Trinajstić information content (AvgIpc) is 2.95. The fourth-order valence-corrected chi connectivity index (χ4v) is 2.11. The monoisotopic (exact) mass is 308 g/mol. The number of aromatic nitrogens is 4. The number of hydrogen-bond donors (Lipinski definition) is 4. The maximum Gasteiger partial charge on any atom is 0.451 e. The Balaban J connectivity index is 2.10. The second-order valence-electron chi connectivity index (χ2n) is 5.03. The van der Waals surface area contributed by atoms with E-state index in [0.717, 1.165) is 0 Å². The highest BCUT2D eigenvalue weighted by Gasteiger charge is 2.18. The van der Waals surface area contributed by atoms with Crippen LogP contribution >= 0.6 is 0 Å². The van der Waals surface area contributed by atoms with Crippen LogP contribution in [0, 0.1) is 5.82 Å². The average molecular weight is 308 g/mol. The van der Waals surface area contributed by atoms with Crippen molar-refractivity contribution in [3.05, 3.63) is 29.8 Å². The molecule has 0 fully saturated rings. The van der Waals surface area contributed by atoms with Gasteiger partial charge in [-0.2, -0.15) is 4.68 Å². The van der Waals surface area contributed by atoms with Crippen molar-refractivity contribution in [3.63, 3.8) is 0 Å². The van der Waals surface area contributed by atoms with Gasteiger partial charge in [0.05, 0.1) is 6.04 Å². The number of rotatable bonds is 7. The molecule has 0 saturated heterocycles. The van der Waals surface area contributed by atoms with Gasteiger partial charge in [0.1, 0.15) is 11.5 Å². The molecule has 1 aromatic carbocycles. The molecule has 8 nitrogen and oxygen atoms in total. The van der Waals surface area contributed by atoms with E-state index in [4.69, 9.17) is 21.5 Å². The van der Waals surface area contributed by atoms with E-state index < -0.39 is 19.0 Å². The van der Waals surface area contributed by atoms with E-state index in [2.05, 4.69) is 15.5 Å². The molecule has 22 heavy (non-hydrogen) atoms. The van der Waals surface area contributed by atoms with Gasteiger partial charge in [-0.25, -0.2) is 4.39 Å². The zero-order valence-corrected chi connectivity index (χ0v) is 11.9. The maximum absolute atomic E-state index is 13.9. The highest BCUT2D eigenvalue weighted by atomic mass is 19.1. The van der Waals surface area contributed by atoms with Gasteiger partial charge in [-0.3, -0.25) is 0 Å². The summed E-state index contributed by atoms with van der Waals surface area (Å²) in [7, 11) is -1.32. The highest BCUT2D eigenvalue weighted by Crippen LogP contribution is 2.21. The third kappa shape index (κ3) is 4.00. The summed E-state index contributed by atoms with van der Waals surface area (Å²) in [6.07, 6.45) is 2.10. The Morgan fingerprint density at radius 3 is 2.82 bits per heavy atom. The van der Waals surface area contributed by atoms with Crippen molar-refractivity contribution in [2.24, 2.45) is 5.73 Å². The first kappa shape index (κ1) is 16.3. The Labute approximate surface area is 127 Å². The molecule has 0 aliphatic carbocycles. The maximum atomic E-state index is 13.9. The van der Waals surface area contributed by atoms with Gasteiger partial charge in [0, 0.05) is 5.69 Å². The predicted molar refractivity (Wildman–Crippen MR) is 79.3 cm³/mol. The van der Waals surface area contributed by atoms with Crippen LogP contribution in [-0.2, 0) is 0 Å². The van der Waals surface area contributed by atoms with Gasteiger partial charge in [-0.05, 0) is 41.4 Å². The Kier molecular flexibility index (Phi) is 5.42. The van der Waals surface area contributed by atoms with Crippen LogP contribution in [0.3, 0.4) is 0 Å². The molecule has 10 heteroatoms. The van der Waals surface area contributed by atoms with Crippen LogP contribution in [0.2, 0.25) is 6.32 Å². The van der Waals surface area contributed by atoms with E-state index in [1.54, 1.807) is 0 Å². The van der Waals surface area contributed by atoms with Gasteiger partial charge >= 0.3 is 7.12 Å². The minimum absolute atomic E-state index is 0.140. The first-order chi connectivity index (χ1) is 10.5. The Hall–Kier alpha value is -2.04. The van der Waals surface area contributed by atoms with Crippen molar-refractivity contribution in [1.82, 2.24) is 20.2 Å². The standard InChI is InChI=1S/C12H18BFN6O2/c14-9-5-4-8(15)7-11(9)20-12(17-18-19-20)10(16)3-1-2-6-13(21)22/h4-5,7,10,21-22H,1-3,6,15-16H2. The summed E-state index contributed by atoms with van der Waals surface area (Å²) in [5.74, 6) is -0.174. The fraction of sp³-hybridized carbons (Fsp3) is 0.417. The molecule has 0 bridgehead atoms. The molecule has 0 saturated carbocycles. The van der Waals surface area contributed by atoms with Crippen molar-refractivity contribution in [1.29, 1.82) is 0 Å². The quantitative estimate of drug-likeness (QED) is 0.322. The van der Waals surface area contributed by atoms with Crippen LogP contribution < -0.4 is 11.5 Å². The Bertz CT molecular complexity index is 623. The molecule has 0 amide bonds. The number of nitrogen functional groups attached to an aromatic ring is 1. The summed E-state index contributed by atoms with van der Waals surface area (Å²) in [5.41, 5.74) is 12.2. The van der Waals surface area contributed by atoms with E-state index in [0.29, 0.717) is 30.8 Å². The molecule has 2 aromatic rings. The first-order valence-corrected chi connectivity index (χ1v) is 6.94. The first-order valence-electron chi connectivity index (χ1n) is 6.94. The number of benzene rings is 1. The molecular weight excluding hydrogens is 290 g/mol. The lowest BCUT2D eigenvalue weighted by atomic mass is 9.83. The molecule has 0 aliphatic rings. The summed E-state index contributed by atoms with van der Waals surface area (Å²) in [4.78, 5) is 0. The van der Waals surface area contributed by atoms with Gasteiger partial charge in [-0.1, -0.05) is 12.8 Å². The third-order valence-electron chi connectivity index (χ3n) is 3.25. The zero-order chi connectivity index (χ0) is 16.1. The van der Waals surface area contributed by atoms with Gasteiger partial charge < -0.3 is 21.5 Å². The second kappa shape index (κ2) is 7.30. The number of halogens is 1. The fourth-order valence-electron chi connectivity index (χ4n) is 2.11. The van der Waals surface area contributed by atoms with Crippen molar-refractivity contribution in [2.75, 3.05) is 5.73 Å².